The number of nitrogens with one attached hydrogen (secondary N) is 1. The van der Waals surface area contributed by atoms with E-state index < -0.39 is 0 Å². The van der Waals surface area contributed by atoms with E-state index in [2.05, 4.69) is 33.2 Å². The molecule has 0 bridgehead atoms. The average molecular weight is 292 g/mol. The molecule has 21 heavy (non-hydrogen) atoms. The second-order valence-corrected chi connectivity index (χ2v) is 5.77. The molecule has 1 saturated heterocycles. The number of rotatable bonds is 8. The molecule has 1 aliphatic rings. The number of piperidine rings is 1. The minimum atomic E-state index is 0.695. The predicted octanol–water partition coefficient (Wildman–Crippen LogP) is 1.88. The van der Waals surface area contributed by atoms with Crippen LogP contribution in [0.2, 0.25) is 0 Å². The summed E-state index contributed by atoms with van der Waals surface area (Å²) in [6, 6.07) is 2.16. The lowest BCUT2D eigenvalue weighted by Gasteiger charge is -2.33. The Kier molecular flexibility index (Phi) is 6.89. The maximum absolute atomic E-state index is 5.07. The second-order valence-electron chi connectivity index (χ2n) is 5.77. The molecule has 2 heterocycles. The lowest BCUT2D eigenvalue weighted by Crippen LogP contribution is -2.40. The third-order valence-corrected chi connectivity index (χ3v) is 3.97. The molecule has 1 aromatic rings. The molecule has 0 spiro atoms. The fraction of sp³-hybridized carbons (Fsp3) is 0.750. The molecule has 1 aromatic heterocycles. The van der Waals surface area contributed by atoms with Crippen LogP contribution in [-0.4, -0.2) is 49.9 Å². The predicted molar refractivity (Wildman–Crippen MR) is 85.7 cm³/mol. The number of aromatic nitrogens is 2. The third kappa shape index (κ3) is 5.25. The molecule has 5 nitrogen and oxygen atoms in total. The highest BCUT2D eigenvalue weighted by Crippen LogP contribution is 2.21. The van der Waals surface area contributed by atoms with Crippen molar-refractivity contribution in [2.24, 2.45) is 5.92 Å². The van der Waals surface area contributed by atoms with Gasteiger partial charge in [0.2, 0.25) is 0 Å². The van der Waals surface area contributed by atoms with Crippen LogP contribution in [-0.2, 0) is 11.2 Å². The number of ether oxygens (including phenoxy) is 1. The molecule has 5 heteroatoms. The molecular formula is C16H28N4O. The number of nitrogens with zero attached hydrogens (tertiary/aromatic N) is 3. The van der Waals surface area contributed by atoms with Crippen molar-refractivity contribution in [1.82, 2.24) is 15.3 Å². The van der Waals surface area contributed by atoms with Crippen LogP contribution < -0.4 is 10.2 Å². The van der Waals surface area contributed by atoms with Gasteiger partial charge in [0.05, 0.1) is 6.61 Å². The topological polar surface area (TPSA) is 50.3 Å². The highest BCUT2D eigenvalue weighted by atomic mass is 16.5. The van der Waals surface area contributed by atoms with Crippen molar-refractivity contribution in [3.8, 4) is 0 Å². The van der Waals surface area contributed by atoms with Crippen LogP contribution in [0.5, 0.6) is 0 Å². The lowest BCUT2D eigenvalue weighted by molar-refractivity contribution is 0.197. The zero-order valence-electron chi connectivity index (χ0n) is 13.3. The summed E-state index contributed by atoms with van der Waals surface area (Å²) < 4.78 is 5.07. The van der Waals surface area contributed by atoms with Crippen molar-refractivity contribution in [3.63, 3.8) is 0 Å². The minimum Gasteiger partial charge on any atom is -0.383 e. The lowest BCUT2D eigenvalue weighted by atomic mass is 9.98. The van der Waals surface area contributed by atoms with Crippen molar-refractivity contribution >= 4 is 5.82 Å². The molecule has 0 amide bonds. The Morgan fingerprint density at radius 3 is 3.14 bits per heavy atom. The van der Waals surface area contributed by atoms with Crippen molar-refractivity contribution in [2.75, 3.05) is 44.8 Å². The minimum absolute atomic E-state index is 0.695. The van der Waals surface area contributed by atoms with Crippen LogP contribution in [0, 0.1) is 5.92 Å². The average Bonchev–Trinajstić information content (AvgIpc) is 2.53. The Bertz CT molecular complexity index is 413. The van der Waals surface area contributed by atoms with Crippen LogP contribution in [0.15, 0.2) is 12.4 Å². The van der Waals surface area contributed by atoms with Crippen LogP contribution >= 0.6 is 0 Å². The Balaban J connectivity index is 1.86. The largest absolute Gasteiger partial charge is 0.383 e. The Labute approximate surface area is 128 Å². The Morgan fingerprint density at radius 1 is 1.43 bits per heavy atom. The number of aryl methyl sites for hydroxylation is 1. The zero-order chi connectivity index (χ0) is 14.9. The third-order valence-electron chi connectivity index (χ3n) is 3.97. The van der Waals surface area contributed by atoms with E-state index >= 15 is 0 Å². The number of hydrogen-bond acceptors (Lipinski definition) is 5. The van der Waals surface area contributed by atoms with E-state index in [1.165, 1.54) is 12.8 Å². The van der Waals surface area contributed by atoms with Gasteiger partial charge >= 0.3 is 0 Å². The summed E-state index contributed by atoms with van der Waals surface area (Å²) in [4.78, 5) is 11.2. The smallest absolute Gasteiger partial charge is 0.132 e. The van der Waals surface area contributed by atoms with E-state index in [1.54, 1.807) is 13.4 Å². The number of anilines is 1. The molecule has 0 aromatic carbocycles. The highest BCUT2D eigenvalue weighted by molar-refractivity contribution is 5.39. The van der Waals surface area contributed by atoms with Crippen LogP contribution in [0.1, 0.15) is 31.9 Å². The maximum Gasteiger partial charge on any atom is 0.132 e. The standard InChI is InChI=1S/C16H28N4O/c1-3-5-15-10-16(19-13-18-15)20-8-4-6-14(12-20)11-17-7-9-21-2/h10,13-14,17H,3-9,11-12H2,1-2H3. The van der Waals surface area contributed by atoms with E-state index in [0.717, 1.165) is 57.1 Å². The first-order valence-electron chi connectivity index (χ1n) is 8.09. The Morgan fingerprint density at radius 2 is 2.33 bits per heavy atom. The Hall–Kier alpha value is -1.20. The normalized spacial score (nSPS) is 19.0. The second kappa shape index (κ2) is 8.95. The van der Waals surface area contributed by atoms with Crippen LogP contribution in [0.4, 0.5) is 5.82 Å². The molecule has 1 unspecified atom stereocenters. The molecule has 1 aliphatic heterocycles. The number of hydrogen-bond donors (Lipinski definition) is 1. The van der Waals surface area contributed by atoms with Crippen LogP contribution in [0.25, 0.3) is 0 Å². The molecule has 0 aliphatic carbocycles. The summed E-state index contributed by atoms with van der Waals surface area (Å²) in [7, 11) is 1.74. The molecule has 118 valence electrons. The van der Waals surface area contributed by atoms with Gasteiger partial charge in [-0.05, 0) is 31.7 Å². The van der Waals surface area contributed by atoms with Gasteiger partial charge < -0.3 is 15.0 Å². The molecule has 1 fully saturated rings. The van der Waals surface area contributed by atoms with Crippen molar-refractivity contribution in [3.05, 3.63) is 18.1 Å². The van der Waals surface area contributed by atoms with Gasteiger partial charge in [-0.3, -0.25) is 0 Å². The van der Waals surface area contributed by atoms with E-state index in [4.69, 9.17) is 4.74 Å². The van der Waals surface area contributed by atoms with Gasteiger partial charge in [-0.2, -0.15) is 0 Å². The SMILES string of the molecule is CCCc1cc(N2CCCC(CNCCOC)C2)ncn1. The van der Waals surface area contributed by atoms with Gasteiger partial charge in [-0.25, -0.2) is 9.97 Å². The summed E-state index contributed by atoms with van der Waals surface area (Å²) in [5.41, 5.74) is 1.16. The molecular weight excluding hydrogens is 264 g/mol. The van der Waals surface area contributed by atoms with Gasteiger partial charge in [-0.1, -0.05) is 13.3 Å². The van der Waals surface area contributed by atoms with E-state index in [-0.39, 0.29) is 0 Å². The molecule has 2 rings (SSSR count). The summed E-state index contributed by atoms with van der Waals surface area (Å²) >= 11 is 0. The summed E-state index contributed by atoms with van der Waals surface area (Å²) in [5, 5.41) is 3.48. The summed E-state index contributed by atoms with van der Waals surface area (Å²) in [6.45, 7) is 7.15. The fourth-order valence-electron chi connectivity index (χ4n) is 2.87. The van der Waals surface area contributed by atoms with Gasteiger partial charge in [0.1, 0.15) is 12.1 Å². The first-order chi connectivity index (χ1) is 10.3. The van der Waals surface area contributed by atoms with Gasteiger partial charge in [0.25, 0.3) is 0 Å². The summed E-state index contributed by atoms with van der Waals surface area (Å²) in [5.74, 6) is 1.79. The van der Waals surface area contributed by atoms with Crippen molar-refractivity contribution in [2.45, 2.75) is 32.6 Å². The quantitative estimate of drug-likeness (QED) is 0.741. The monoisotopic (exact) mass is 292 g/mol. The van der Waals surface area contributed by atoms with Crippen molar-refractivity contribution in [1.29, 1.82) is 0 Å². The van der Waals surface area contributed by atoms with Gasteiger partial charge in [0.15, 0.2) is 0 Å². The molecule has 1 atom stereocenters. The van der Waals surface area contributed by atoms with E-state index in [1.807, 2.05) is 0 Å². The van der Waals surface area contributed by atoms with Crippen molar-refractivity contribution < 1.29 is 4.74 Å². The van der Waals surface area contributed by atoms with E-state index in [0.29, 0.717) is 5.92 Å². The molecule has 1 N–H and O–H groups in total. The first kappa shape index (κ1) is 16.2. The van der Waals surface area contributed by atoms with Gasteiger partial charge in [-0.15, -0.1) is 0 Å². The van der Waals surface area contributed by atoms with E-state index in [9.17, 15) is 0 Å². The highest BCUT2D eigenvalue weighted by Gasteiger charge is 2.20. The number of methoxy groups -OCH3 is 1. The van der Waals surface area contributed by atoms with Crippen LogP contribution in [0.3, 0.4) is 0 Å². The maximum atomic E-state index is 5.07. The zero-order valence-corrected chi connectivity index (χ0v) is 13.3. The molecule has 0 radical (unpaired) electrons. The summed E-state index contributed by atoms with van der Waals surface area (Å²) in [6.07, 6.45) is 6.40. The fourth-order valence-corrected chi connectivity index (χ4v) is 2.87. The first-order valence-corrected chi connectivity index (χ1v) is 8.09. The molecule has 0 saturated carbocycles. The van der Waals surface area contributed by atoms with Gasteiger partial charge in [0, 0.05) is 38.5 Å².